The van der Waals surface area contributed by atoms with Crippen molar-refractivity contribution >= 4 is 11.5 Å². The number of hydrogen-bond donors (Lipinski definition) is 2. The molecule has 0 unspecified atom stereocenters. The molecule has 110 valence electrons. The molecule has 0 bridgehead atoms. The number of nitrogens with zero attached hydrogens (tertiary/aromatic N) is 1. The second-order valence-corrected chi connectivity index (χ2v) is 6.94. The minimum atomic E-state index is 0.156. The molecule has 0 aromatic heterocycles. The van der Waals surface area contributed by atoms with Gasteiger partial charge in [0.05, 0.1) is 0 Å². The molecule has 0 saturated heterocycles. The van der Waals surface area contributed by atoms with Crippen molar-refractivity contribution in [2.24, 2.45) is 11.1 Å². The van der Waals surface area contributed by atoms with Gasteiger partial charge in [-0.15, -0.1) is 0 Å². The smallest absolute Gasteiger partial charge is 0.124 e. The van der Waals surface area contributed by atoms with E-state index in [2.05, 4.69) is 38.8 Å². The largest absolute Gasteiger partial charge is 0.384 e. The van der Waals surface area contributed by atoms with Gasteiger partial charge in [0, 0.05) is 24.3 Å². The molecular formula is C17H27N3. The summed E-state index contributed by atoms with van der Waals surface area (Å²) in [6.45, 7) is 6.80. The maximum absolute atomic E-state index is 7.77. The monoisotopic (exact) mass is 273 g/mol. The topological polar surface area (TPSA) is 53.1 Å². The zero-order valence-corrected chi connectivity index (χ0v) is 13.2. The first kappa shape index (κ1) is 14.9. The van der Waals surface area contributed by atoms with E-state index >= 15 is 0 Å². The molecule has 1 fully saturated rings. The van der Waals surface area contributed by atoms with Crippen molar-refractivity contribution < 1.29 is 0 Å². The number of nitrogen functional groups attached to an aromatic ring is 1. The highest BCUT2D eigenvalue weighted by Crippen LogP contribution is 2.38. The molecular weight excluding hydrogens is 246 g/mol. The predicted octanol–water partition coefficient (Wildman–Crippen LogP) is 3.68. The van der Waals surface area contributed by atoms with Gasteiger partial charge in [-0.1, -0.05) is 19.9 Å². The molecule has 0 heterocycles. The Morgan fingerprint density at radius 2 is 1.90 bits per heavy atom. The Morgan fingerprint density at radius 1 is 1.30 bits per heavy atom. The van der Waals surface area contributed by atoms with Gasteiger partial charge in [-0.2, -0.15) is 0 Å². The van der Waals surface area contributed by atoms with Gasteiger partial charge in [-0.25, -0.2) is 0 Å². The Hall–Kier alpha value is -1.51. The summed E-state index contributed by atoms with van der Waals surface area (Å²) in [5.41, 5.74) is 9.38. The molecule has 0 amide bonds. The first-order chi connectivity index (χ1) is 9.30. The average molecular weight is 273 g/mol. The molecule has 3 N–H and O–H groups in total. The Balaban J connectivity index is 2.23. The van der Waals surface area contributed by atoms with E-state index in [0.717, 1.165) is 11.3 Å². The fourth-order valence-corrected chi connectivity index (χ4v) is 3.13. The quantitative estimate of drug-likeness (QED) is 0.652. The number of rotatable bonds is 3. The normalized spacial score (nSPS) is 18.8. The van der Waals surface area contributed by atoms with Crippen molar-refractivity contribution in [2.75, 3.05) is 11.9 Å². The van der Waals surface area contributed by atoms with Crippen LogP contribution in [-0.4, -0.2) is 18.9 Å². The molecule has 3 nitrogen and oxygen atoms in total. The second-order valence-electron chi connectivity index (χ2n) is 6.94. The van der Waals surface area contributed by atoms with Crippen molar-refractivity contribution in [1.29, 1.82) is 5.41 Å². The van der Waals surface area contributed by atoms with Gasteiger partial charge >= 0.3 is 0 Å². The third-order valence-electron chi connectivity index (χ3n) is 4.68. The molecule has 0 spiro atoms. The lowest BCUT2D eigenvalue weighted by Crippen LogP contribution is -2.38. The first-order valence-corrected chi connectivity index (χ1v) is 7.48. The molecule has 0 radical (unpaired) electrons. The van der Waals surface area contributed by atoms with Crippen LogP contribution in [0.4, 0.5) is 5.69 Å². The number of aryl methyl sites for hydroxylation is 1. The van der Waals surface area contributed by atoms with Crippen molar-refractivity contribution in [2.45, 2.75) is 52.5 Å². The van der Waals surface area contributed by atoms with E-state index in [1.54, 1.807) is 0 Å². The molecule has 1 aromatic carbocycles. The van der Waals surface area contributed by atoms with Crippen LogP contribution in [-0.2, 0) is 0 Å². The lowest BCUT2D eigenvalue weighted by molar-refractivity contribution is 0.222. The van der Waals surface area contributed by atoms with E-state index in [1.807, 2.05) is 12.1 Å². The third-order valence-corrected chi connectivity index (χ3v) is 4.68. The Bertz CT molecular complexity index is 495. The minimum Gasteiger partial charge on any atom is -0.384 e. The van der Waals surface area contributed by atoms with Crippen LogP contribution < -0.4 is 10.6 Å². The number of benzene rings is 1. The van der Waals surface area contributed by atoms with E-state index < -0.39 is 0 Å². The van der Waals surface area contributed by atoms with Crippen LogP contribution in [0.5, 0.6) is 0 Å². The summed E-state index contributed by atoms with van der Waals surface area (Å²) in [5, 5.41) is 7.77. The van der Waals surface area contributed by atoms with Gasteiger partial charge in [0.15, 0.2) is 0 Å². The van der Waals surface area contributed by atoms with E-state index in [4.69, 9.17) is 11.1 Å². The third kappa shape index (κ3) is 3.14. The Labute approximate surface area is 122 Å². The summed E-state index contributed by atoms with van der Waals surface area (Å²) in [6, 6.07) is 6.70. The van der Waals surface area contributed by atoms with Gasteiger partial charge in [0.1, 0.15) is 5.84 Å². The SMILES string of the molecule is Cc1ccc(C(=N)N)c(N(C)C2CCC(C)(C)CC2)c1. The molecule has 0 aliphatic heterocycles. The van der Waals surface area contributed by atoms with Gasteiger partial charge in [0.2, 0.25) is 0 Å². The van der Waals surface area contributed by atoms with Crippen LogP contribution in [0, 0.1) is 17.7 Å². The van der Waals surface area contributed by atoms with Gasteiger partial charge in [-0.05, 0) is 55.7 Å². The number of nitrogens with two attached hydrogens (primary N) is 1. The molecule has 2 rings (SSSR count). The molecule has 0 atom stereocenters. The molecule has 3 heteroatoms. The van der Waals surface area contributed by atoms with Crippen LogP contribution in [0.15, 0.2) is 18.2 Å². The first-order valence-electron chi connectivity index (χ1n) is 7.48. The second kappa shape index (κ2) is 5.47. The van der Waals surface area contributed by atoms with Crippen LogP contribution in [0.1, 0.15) is 50.7 Å². The number of anilines is 1. The van der Waals surface area contributed by atoms with Crippen LogP contribution in [0.25, 0.3) is 0 Å². The van der Waals surface area contributed by atoms with Gasteiger partial charge in [0.25, 0.3) is 0 Å². The zero-order valence-electron chi connectivity index (χ0n) is 13.2. The molecule has 20 heavy (non-hydrogen) atoms. The van der Waals surface area contributed by atoms with Gasteiger partial charge in [-0.3, -0.25) is 5.41 Å². The maximum atomic E-state index is 7.77. The van der Waals surface area contributed by atoms with E-state index in [1.165, 1.54) is 31.2 Å². The van der Waals surface area contributed by atoms with Crippen molar-refractivity contribution in [3.8, 4) is 0 Å². The van der Waals surface area contributed by atoms with Crippen molar-refractivity contribution in [3.63, 3.8) is 0 Å². The summed E-state index contributed by atoms with van der Waals surface area (Å²) >= 11 is 0. The highest BCUT2D eigenvalue weighted by atomic mass is 15.1. The Kier molecular flexibility index (Phi) is 4.07. The number of hydrogen-bond acceptors (Lipinski definition) is 2. The fraction of sp³-hybridized carbons (Fsp3) is 0.588. The fourth-order valence-electron chi connectivity index (χ4n) is 3.13. The zero-order chi connectivity index (χ0) is 14.9. The summed E-state index contributed by atoms with van der Waals surface area (Å²) < 4.78 is 0. The summed E-state index contributed by atoms with van der Waals surface area (Å²) in [6.07, 6.45) is 4.97. The molecule has 1 aromatic rings. The van der Waals surface area contributed by atoms with Gasteiger partial charge < -0.3 is 10.6 Å². The lowest BCUT2D eigenvalue weighted by Gasteiger charge is -2.40. The van der Waals surface area contributed by atoms with E-state index in [9.17, 15) is 0 Å². The van der Waals surface area contributed by atoms with Crippen LogP contribution in [0.3, 0.4) is 0 Å². The molecule has 1 aliphatic rings. The maximum Gasteiger partial charge on any atom is 0.124 e. The number of amidine groups is 1. The minimum absolute atomic E-state index is 0.156. The molecule has 1 saturated carbocycles. The summed E-state index contributed by atoms with van der Waals surface area (Å²) in [4.78, 5) is 2.33. The highest BCUT2D eigenvalue weighted by molar-refractivity contribution is 6.00. The Morgan fingerprint density at radius 3 is 2.45 bits per heavy atom. The average Bonchev–Trinajstić information content (AvgIpc) is 2.37. The predicted molar refractivity (Wildman–Crippen MR) is 86.6 cm³/mol. The molecule has 1 aliphatic carbocycles. The van der Waals surface area contributed by atoms with Crippen LogP contribution in [0.2, 0.25) is 0 Å². The van der Waals surface area contributed by atoms with Crippen molar-refractivity contribution in [3.05, 3.63) is 29.3 Å². The summed E-state index contributed by atoms with van der Waals surface area (Å²) in [5.74, 6) is 0.156. The number of nitrogens with one attached hydrogen (secondary N) is 1. The summed E-state index contributed by atoms with van der Waals surface area (Å²) in [7, 11) is 2.14. The van der Waals surface area contributed by atoms with E-state index in [0.29, 0.717) is 11.5 Å². The standard InChI is InChI=1S/C17H27N3/c1-12-5-6-14(16(18)19)15(11-12)20(4)13-7-9-17(2,3)10-8-13/h5-6,11,13H,7-10H2,1-4H3,(H3,18,19). The lowest BCUT2D eigenvalue weighted by atomic mass is 9.75. The van der Waals surface area contributed by atoms with Crippen molar-refractivity contribution in [1.82, 2.24) is 0 Å². The highest BCUT2D eigenvalue weighted by Gasteiger charge is 2.29. The van der Waals surface area contributed by atoms with Crippen LogP contribution >= 0.6 is 0 Å². The van der Waals surface area contributed by atoms with E-state index in [-0.39, 0.29) is 5.84 Å².